The van der Waals surface area contributed by atoms with E-state index in [1.807, 2.05) is 51.2 Å². The molecule has 1 aliphatic heterocycles. The molecule has 6 nitrogen and oxygen atoms in total. The maximum absolute atomic E-state index is 13.2. The summed E-state index contributed by atoms with van der Waals surface area (Å²) in [4.78, 5) is 41.3. The average Bonchev–Trinajstić information content (AvgIpc) is 2.73. The third kappa shape index (κ3) is 5.10. The standard InChI is InChI=1S/C25H28BrN3O3/c1-15(2)10-11-28(5)19-8-6-18(7-9-19)14-20-23(30)27-25(32)29(24(20)31)22-13-17(4)16(3)12-21(22)26/h6-9,12-15H,10-11H2,1-5H3,(H,27,30,32). The summed E-state index contributed by atoms with van der Waals surface area (Å²) in [6.45, 7) is 9.18. The lowest BCUT2D eigenvalue weighted by atomic mass is 10.0. The highest BCUT2D eigenvalue weighted by atomic mass is 79.9. The minimum Gasteiger partial charge on any atom is -0.375 e. The number of rotatable bonds is 6. The van der Waals surface area contributed by atoms with Gasteiger partial charge in [-0.25, -0.2) is 9.69 Å². The van der Waals surface area contributed by atoms with E-state index in [-0.39, 0.29) is 5.57 Å². The topological polar surface area (TPSA) is 69.7 Å². The van der Waals surface area contributed by atoms with Crippen molar-refractivity contribution in [1.29, 1.82) is 0 Å². The molecule has 0 atom stereocenters. The number of nitrogens with one attached hydrogen (secondary N) is 1. The second-order valence-corrected chi connectivity index (χ2v) is 9.40. The maximum Gasteiger partial charge on any atom is 0.335 e. The Kier molecular flexibility index (Phi) is 7.19. The first-order valence-electron chi connectivity index (χ1n) is 10.6. The zero-order valence-corrected chi connectivity index (χ0v) is 20.6. The molecular formula is C25H28BrN3O3. The third-order valence-electron chi connectivity index (χ3n) is 5.59. The number of anilines is 2. The largest absolute Gasteiger partial charge is 0.375 e. The number of hydrogen-bond donors (Lipinski definition) is 1. The van der Waals surface area contributed by atoms with Gasteiger partial charge in [0, 0.05) is 23.8 Å². The zero-order chi connectivity index (χ0) is 23.6. The molecule has 0 radical (unpaired) electrons. The lowest BCUT2D eigenvalue weighted by Gasteiger charge is -2.27. The first kappa shape index (κ1) is 23.7. The van der Waals surface area contributed by atoms with Gasteiger partial charge in [0.05, 0.1) is 5.69 Å². The van der Waals surface area contributed by atoms with Crippen molar-refractivity contribution in [3.63, 3.8) is 0 Å². The first-order valence-corrected chi connectivity index (χ1v) is 11.4. The van der Waals surface area contributed by atoms with Crippen molar-refractivity contribution in [2.75, 3.05) is 23.4 Å². The molecule has 1 heterocycles. The van der Waals surface area contributed by atoms with E-state index >= 15 is 0 Å². The zero-order valence-electron chi connectivity index (χ0n) is 19.0. The predicted octanol–water partition coefficient (Wildman–Crippen LogP) is 5.21. The number of hydrogen-bond acceptors (Lipinski definition) is 4. The minimum absolute atomic E-state index is 0.0874. The van der Waals surface area contributed by atoms with E-state index in [2.05, 4.69) is 40.0 Å². The Balaban J connectivity index is 1.89. The summed E-state index contributed by atoms with van der Waals surface area (Å²) in [7, 11) is 2.04. The number of halogens is 1. The normalized spacial score (nSPS) is 15.5. The smallest absolute Gasteiger partial charge is 0.335 e. The average molecular weight is 498 g/mol. The number of amides is 4. The van der Waals surface area contributed by atoms with Crippen LogP contribution in [0.2, 0.25) is 0 Å². The summed E-state index contributed by atoms with van der Waals surface area (Å²) in [5.74, 6) is -0.726. The fraction of sp³-hybridized carbons (Fsp3) is 0.320. The van der Waals surface area contributed by atoms with E-state index in [1.54, 1.807) is 6.07 Å². The SMILES string of the molecule is Cc1cc(Br)c(N2C(=O)NC(=O)C(=Cc3ccc(N(C)CCC(C)C)cc3)C2=O)cc1C. The van der Waals surface area contributed by atoms with Gasteiger partial charge >= 0.3 is 6.03 Å². The molecule has 2 aromatic carbocycles. The van der Waals surface area contributed by atoms with Gasteiger partial charge in [-0.1, -0.05) is 26.0 Å². The number of urea groups is 1. The van der Waals surface area contributed by atoms with Crippen molar-refractivity contribution >= 4 is 51.2 Å². The Morgan fingerprint density at radius 3 is 2.31 bits per heavy atom. The number of aryl methyl sites for hydroxylation is 2. The highest BCUT2D eigenvalue weighted by Crippen LogP contribution is 2.32. The second kappa shape index (κ2) is 9.69. The molecule has 0 unspecified atom stereocenters. The Bertz CT molecular complexity index is 1090. The van der Waals surface area contributed by atoms with E-state index in [4.69, 9.17) is 0 Å². The van der Waals surface area contributed by atoms with Crippen LogP contribution in [0.1, 0.15) is 37.0 Å². The molecule has 168 valence electrons. The molecule has 32 heavy (non-hydrogen) atoms. The van der Waals surface area contributed by atoms with E-state index in [1.165, 1.54) is 6.08 Å². The van der Waals surface area contributed by atoms with E-state index in [0.29, 0.717) is 21.6 Å². The van der Waals surface area contributed by atoms with Gasteiger partial charge in [0.1, 0.15) is 5.57 Å². The Morgan fingerprint density at radius 2 is 1.69 bits per heavy atom. The summed E-state index contributed by atoms with van der Waals surface area (Å²) < 4.78 is 0.603. The summed E-state index contributed by atoms with van der Waals surface area (Å²) in [6, 6.07) is 10.5. The third-order valence-corrected chi connectivity index (χ3v) is 6.23. The quantitative estimate of drug-likeness (QED) is 0.438. The summed E-state index contributed by atoms with van der Waals surface area (Å²) >= 11 is 3.43. The van der Waals surface area contributed by atoms with Gasteiger partial charge in [0.15, 0.2) is 0 Å². The lowest BCUT2D eigenvalue weighted by Crippen LogP contribution is -2.54. The van der Waals surface area contributed by atoms with Crippen LogP contribution >= 0.6 is 15.9 Å². The number of carbonyl (C=O) groups is 3. The van der Waals surface area contributed by atoms with Crippen molar-refractivity contribution in [3.05, 3.63) is 63.1 Å². The maximum atomic E-state index is 13.2. The predicted molar refractivity (Wildman–Crippen MR) is 132 cm³/mol. The van der Waals surface area contributed by atoms with Crippen LogP contribution in [0.4, 0.5) is 16.2 Å². The molecule has 7 heteroatoms. The van der Waals surface area contributed by atoms with Crippen LogP contribution in [-0.4, -0.2) is 31.4 Å². The number of barbiturate groups is 1. The van der Waals surface area contributed by atoms with Gasteiger partial charge in [-0.15, -0.1) is 0 Å². The molecule has 4 amide bonds. The molecule has 1 fully saturated rings. The Labute approximate surface area is 197 Å². The van der Waals surface area contributed by atoms with E-state index in [0.717, 1.165) is 34.7 Å². The molecule has 2 aromatic rings. The highest BCUT2D eigenvalue weighted by Gasteiger charge is 2.37. The lowest BCUT2D eigenvalue weighted by molar-refractivity contribution is -0.122. The van der Waals surface area contributed by atoms with Gasteiger partial charge in [-0.05, 0) is 89.1 Å². The van der Waals surface area contributed by atoms with Gasteiger partial charge in [-0.3, -0.25) is 14.9 Å². The van der Waals surface area contributed by atoms with E-state index in [9.17, 15) is 14.4 Å². The Morgan fingerprint density at radius 1 is 1.06 bits per heavy atom. The first-order chi connectivity index (χ1) is 15.1. The van der Waals surface area contributed by atoms with E-state index < -0.39 is 17.8 Å². The monoisotopic (exact) mass is 497 g/mol. The molecule has 0 aliphatic carbocycles. The Hall–Kier alpha value is -2.93. The van der Waals surface area contributed by atoms with Crippen LogP contribution in [-0.2, 0) is 9.59 Å². The molecule has 3 rings (SSSR count). The fourth-order valence-corrected chi connectivity index (χ4v) is 4.02. The second-order valence-electron chi connectivity index (χ2n) is 8.54. The van der Waals surface area contributed by atoms with Crippen LogP contribution in [0.5, 0.6) is 0 Å². The van der Waals surface area contributed by atoms with Crippen molar-refractivity contribution in [2.24, 2.45) is 5.92 Å². The van der Waals surface area contributed by atoms with Crippen LogP contribution in [0.15, 0.2) is 46.4 Å². The molecule has 1 N–H and O–H groups in total. The van der Waals surface area contributed by atoms with Gasteiger partial charge in [0.25, 0.3) is 11.8 Å². The summed E-state index contributed by atoms with van der Waals surface area (Å²) in [5, 5.41) is 2.28. The molecule has 0 aromatic heterocycles. The molecule has 0 spiro atoms. The van der Waals surface area contributed by atoms with Gasteiger partial charge in [-0.2, -0.15) is 0 Å². The molecule has 0 saturated carbocycles. The van der Waals surface area contributed by atoms with Gasteiger partial charge < -0.3 is 4.90 Å². The van der Waals surface area contributed by atoms with Crippen molar-refractivity contribution in [2.45, 2.75) is 34.1 Å². The molecule has 1 saturated heterocycles. The van der Waals surface area contributed by atoms with Crippen molar-refractivity contribution in [3.8, 4) is 0 Å². The van der Waals surface area contributed by atoms with Crippen LogP contribution in [0.3, 0.4) is 0 Å². The fourth-order valence-electron chi connectivity index (χ4n) is 3.39. The number of benzene rings is 2. The number of imide groups is 2. The minimum atomic E-state index is -0.761. The summed E-state index contributed by atoms with van der Waals surface area (Å²) in [6.07, 6.45) is 2.61. The van der Waals surface area contributed by atoms with Crippen molar-refractivity contribution < 1.29 is 14.4 Å². The number of carbonyl (C=O) groups excluding carboxylic acids is 3. The molecule has 1 aliphatic rings. The van der Waals surface area contributed by atoms with Gasteiger partial charge in [0.2, 0.25) is 0 Å². The summed E-state index contributed by atoms with van der Waals surface area (Å²) in [5.41, 5.74) is 4.03. The van der Waals surface area contributed by atoms with Crippen LogP contribution < -0.4 is 15.1 Å². The molecular weight excluding hydrogens is 470 g/mol. The van der Waals surface area contributed by atoms with Crippen LogP contribution in [0.25, 0.3) is 6.08 Å². The molecule has 0 bridgehead atoms. The highest BCUT2D eigenvalue weighted by molar-refractivity contribution is 9.10. The van der Waals surface area contributed by atoms with Crippen molar-refractivity contribution in [1.82, 2.24) is 5.32 Å². The van der Waals surface area contributed by atoms with Crippen LogP contribution in [0, 0.1) is 19.8 Å². The number of nitrogens with zero attached hydrogens (tertiary/aromatic N) is 2.